The van der Waals surface area contributed by atoms with Gasteiger partial charge in [-0.05, 0) is 42.3 Å². The summed E-state index contributed by atoms with van der Waals surface area (Å²) in [6, 6.07) is 15.8. The van der Waals surface area contributed by atoms with E-state index in [1.54, 1.807) is 7.11 Å². The summed E-state index contributed by atoms with van der Waals surface area (Å²) in [4.78, 5) is 9.10. The molecule has 0 aliphatic carbocycles. The largest absolute Gasteiger partial charge is 0.493 e. The number of guanidine groups is 1. The number of methoxy groups -OCH3 is 1. The SMILES string of the molecule is CCNC(=NCc1ccc(OCCO)c(OC)c1)NCc1ccnc2ccccc12. The Morgan fingerprint density at radius 2 is 1.97 bits per heavy atom. The number of fused-ring (bicyclic) bond motifs is 1. The van der Waals surface area contributed by atoms with Crippen molar-refractivity contribution in [3.8, 4) is 11.5 Å². The van der Waals surface area contributed by atoms with E-state index in [0.717, 1.165) is 29.0 Å². The zero-order chi connectivity index (χ0) is 21.2. The van der Waals surface area contributed by atoms with Gasteiger partial charge < -0.3 is 25.2 Å². The zero-order valence-corrected chi connectivity index (χ0v) is 17.4. The molecular formula is C23H28N4O3. The Balaban J connectivity index is 1.70. The molecule has 0 atom stereocenters. The van der Waals surface area contributed by atoms with Crippen LogP contribution in [0, 0.1) is 0 Å². The summed E-state index contributed by atoms with van der Waals surface area (Å²) in [5, 5.41) is 16.7. The summed E-state index contributed by atoms with van der Waals surface area (Å²) in [5.74, 6) is 1.96. The van der Waals surface area contributed by atoms with E-state index in [-0.39, 0.29) is 13.2 Å². The second kappa shape index (κ2) is 11.0. The maximum Gasteiger partial charge on any atom is 0.191 e. The lowest BCUT2D eigenvalue weighted by Crippen LogP contribution is -2.36. The lowest BCUT2D eigenvalue weighted by atomic mass is 10.1. The third kappa shape index (κ3) is 5.61. The maximum absolute atomic E-state index is 8.93. The van der Waals surface area contributed by atoms with Crippen LogP contribution >= 0.6 is 0 Å². The Bertz CT molecular complexity index is 986. The van der Waals surface area contributed by atoms with Crippen LogP contribution in [-0.2, 0) is 13.1 Å². The van der Waals surface area contributed by atoms with Crippen LogP contribution in [0.3, 0.4) is 0 Å². The third-order valence-corrected chi connectivity index (χ3v) is 4.53. The van der Waals surface area contributed by atoms with Crippen LogP contribution in [0.4, 0.5) is 0 Å². The van der Waals surface area contributed by atoms with Crippen molar-refractivity contribution in [2.24, 2.45) is 4.99 Å². The first-order valence-electron chi connectivity index (χ1n) is 10.0. The molecule has 3 aromatic rings. The summed E-state index contributed by atoms with van der Waals surface area (Å²) in [7, 11) is 1.60. The van der Waals surface area contributed by atoms with Crippen molar-refractivity contribution in [1.82, 2.24) is 15.6 Å². The van der Waals surface area contributed by atoms with E-state index in [4.69, 9.17) is 14.6 Å². The normalized spacial score (nSPS) is 11.4. The number of pyridine rings is 1. The molecule has 3 rings (SSSR count). The molecule has 0 bridgehead atoms. The summed E-state index contributed by atoms with van der Waals surface area (Å²) in [6.45, 7) is 4.12. The van der Waals surface area contributed by atoms with Gasteiger partial charge in [-0.15, -0.1) is 0 Å². The molecule has 7 heteroatoms. The first-order valence-corrected chi connectivity index (χ1v) is 10.0. The maximum atomic E-state index is 8.93. The molecule has 0 aliphatic rings. The van der Waals surface area contributed by atoms with Crippen molar-refractivity contribution in [3.05, 3.63) is 65.9 Å². The minimum Gasteiger partial charge on any atom is -0.493 e. The number of nitrogens with zero attached hydrogens (tertiary/aromatic N) is 2. The first kappa shape index (κ1) is 21.4. The Hall–Kier alpha value is -3.32. The fourth-order valence-electron chi connectivity index (χ4n) is 3.09. The molecule has 1 heterocycles. The number of para-hydroxylation sites is 1. The number of aliphatic imine (C=N–C) groups is 1. The number of hydrogen-bond acceptors (Lipinski definition) is 5. The van der Waals surface area contributed by atoms with Gasteiger partial charge in [0.2, 0.25) is 0 Å². The zero-order valence-electron chi connectivity index (χ0n) is 17.4. The fraction of sp³-hybridized carbons (Fsp3) is 0.304. The molecule has 0 amide bonds. The molecule has 30 heavy (non-hydrogen) atoms. The standard InChI is InChI=1S/C23H28N4O3/c1-3-24-23(27-16-18-10-11-25-20-7-5-4-6-19(18)20)26-15-17-8-9-21(30-13-12-28)22(14-17)29-2/h4-11,14,28H,3,12-13,15-16H2,1-2H3,(H2,24,26,27). The van der Waals surface area contributed by atoms with Crippen molar-refractivity contribution in [2.45, 2.75) is 20.0 Å². The number of aromatic nitrogens is 1. The van der Waals surface area contributed by atoms with Gasteiger partial charge in [0.15, 0.2) is 17.5 Å². The number of aliphatic hydroxyl groups is 1. The van der Waals surface area contributed by atoms with Crippen molar-refractivity contribution in [3.63, 3.8) is 0 Å². The quantitative estimate of drug-likeness (QED) is 0.373. The van der Waals surface area contributed by atoms with Crippen LogP contribution in [-0.4, -0.2) is 42.9 Å². The highest BCUT2D eigenvalue weighted by atomic mass is 16.5. The Morgan fingerprint density at radius 1 is 1.10 bits per heavy atom. The third-order valence-electron chi connectivity index (χ3n) is 4.53. The molecule has 0 aliphatic heterocycles. The number of aliphatic hydroxyl groups excluding tert-OH is 1. The van der Waals surface area contributed by atoms with Gasteiger partial charge in [0.25, 0.3) is 0 Å². The molecule has 2 aromatic carbocycles. The van der Waals surface area contributed by atoms with E-state index in [1.165, 1.54) is 5.56 Å². The van der Waals surface area contributed by atoms with Gasteiger partial charge in [-0.3, -0.25) is 4.98 Å². The molecule has 158 valence electrons. The summed E-state index contributed by atoms with van der Waals surface area (Å²) in [5.41, 5.74) is 3.14. The highest BCUT2D eigenvalue weighted by molar-refractivity contribution is 5.83. The molecule has 0 fully saturated rings. The van der Waals surface area contributed by atoms with Crippen LogP contribution in [0.1, 0.15) is 18.1 Å². The van der Waals surface area contributed by atoms with E-state index in [9.17, 15) is 0 Å². The van der Waals surface area contributed by atoms with Gasteiger partial charge in [0.1, 0.15) is 6.61 Å². The van der Waals surface area contributed by atoms with Crippen LogP contribution in [0.5, 0.6) is 11.5 Å². The summed E-state index contributed by atoms with van der Waals surface area (Å²) >= 11 is 0. The van der Waals surface area contributed by atoms with Crippen LogP contribution in [0.15, 0.2) is 59.7 Å². The van der Waals surface area contributed by atoms with Crippen molar-refractivity contribution < 1.29 is 14.6 Å². The average Bonchev–Trinajstić information content (AvgIpc) is 2.79. The number of hydrogen-bond donors (Lipinski definition) is 3. The van der Waals surface area contributed by atoms with E-state index < -0.39 is 0 Å². The highest BCUT2D eigenvalue weighted by Gasteiger charge is 2.07. The van der Waals surface area contributed by atoms with Gasteiger partial charge >= 0.3 is 0 Å². The molecule has 0 unspecified atom stereocenters. The van der Waals surface area contributed by atoms with Crippen LogP contribution in [0.25, 0.3) is 10.9 Å². The Morgan fingerprint density at radius 3 is 2.77 bits per heavy atom. The van der Waals surface area contributed by atoms with Gasteiger partial charge in [0, 0.05) is 24.7 Å². The van der Waals surface area contributed by atoms with Gasteiger partial charge in [-0.1, -0.05) is 24.3 Å². The summed E-state index contributed by atoms with van der Waals surface area (Å²) in [6.07, 6.45) is 1.83. The lowest BCUT2D eigenvalue weighted by Gasteiger charge is -2.13. The monoisotopic (exact) mass is 408 g/mol. The number of nitrogens with one attached hydrogen (secondary N) is 2. The fourth-order valence-corrected chi connectivity index (χ4v) is 3.09. The molecular weight excluding hydrogens is 380 g/mol. The second-order valence-corrected chi connectivity index (χ2v) is 6.59. The number of benzene rings is 2. The molecule has 0 radical (unpaired) electrons. The van der Waals surface area contributed by atoms with Gasteiger partial charge in [-0.25, -0.2) is 4.99 Å². The van der Waals surface area contributed by atoms with Crippen molar-refractivity contribution >= 4 is 16.9 Å². The van der Waals surface area contributed by atoms with E-state index in [0.29, 0.717) is 24.6 Å². The minimum atomic E-state index is -0.0420. The number of ether oxygens (including phenoxy) is 2. The first-order chi connectivity index (χ1) is 14.7. The molecule has 7 nitrogen and oxygen atoms in total. The molecule has 0 saturated heterocycles. The lowest BCUT2D eigenvalue weighted by molar-refractivity contribution is 0.196. The van der Waals surface area contributed by atoms with Gasteiger partial charge in [-0.2, -0.15) is 0 Å². The van der Waals surface area contributed by atoms with Gasteiger partial charge in [0.05, 0.1) is 25.8 Å². The molecule has 1 aromatic heterocycles. The minimum absolute atomic E-state index is 0.0420. The average molecular weight is 409 g/mol. The van der Waals surface area contributed by atoms with Crippen LogP contribution < -0.4 is 20.1 Å². The molecule has 0 spiro atoms. The second-order valence-electron chi connectivity index (χ2n) is 6.59. The van der Waals surface area contributed by atoms with E-state index in [2.05, 4.69) is 26.7 Å². The smallest absolute Gasteiger partial charge is 0.191 e. The topological polar surface area (TPSA) is 88.0 Å². The molecule has 0 saturated carbocycles. The van der Waals surface area contributed by atoms with Crippen molar-refractivity contribution in [2.75, 3.05) is 26.9 Å². The Kier molecular flexibility index (Phi) is 7.86. The predicted molar refractivity (Wildman–Crippen MR) is 119 cm³/mol. The summed E-state index contributed by atoms with van der Waals surface area (Å²) < 4.78 is 10.9. The van der Waals surface area contributed by atoms with Crippen LogP contribution in [0.2, 0.25) is 0 Å². The molecule has 3 N–H and O–H groups in total. The number of rotatable bonds is 9. The van der Waals surface area contributed by atoms with E-state index in [1.807, 2.05) is 55.6 Å². The van der Waals surface area contributed by atoms with Crippen molar-refractivity contribution in [1.29, 1.82) is 0 Å². The Labute approximate surface area is 176 Å². The van der Waals surface area contributed by atoms with E-state index >= 15 is 0 Å². The predicted octanol–water partition coefficient (Wildman–Crippen LogP) is 2.87. The highest BCUT2D eigenvalue weighted by Crippen LogP contribution is 2.28.